The Morgan fingerprint density at radius 3 is 2.31 bits per heavy atom. The maximum absolute atomic E-state index is 12.6. The van der Waals surface area contributed by atoms with Crippen LogP contribution in [-0.4, -0.2) is 25.3 Å². The number of esters is 1. The van der Waals surface area contributed by atoms with Crippen LogP contribution in [0.1, 0.15) is 18.5 Å². The van der Waals surface area contributed by atoms with Crippen molar-refractivity contribution in [3.63, 3.8) is 0 Å². The van der Waals surface area contributed by atoms with E-state index in [0.29, 0.717) is 10.7 Å². The Kier molecular flexibility index (Phi) is 5.23. The SMILES string of the molecule is COC(=O)C1=C(C)N(c2ccccc2)C(=S)N[C@@H]1c1ccc(OC)cc1. The summed E-state index contributed by atoms with van der Waals surface area (Å²) in [6, 6.07) is 16.8. The molecule has 1 aliphatic rings. The number of carbonyl (C=O) groups excluding carboxylic acids is 1. The average Bonchev–Trinajstić information content (AvgIpc) is 2.68. The molecule has 134 valence electrons. The number of anilines is 1. The highest BCUT2D eigenvalue weighted by Gasteiger charge is 2.35. The van der Waals surface area contributed by atoms with Crippen LogP contribution in [0.25, 0.3) is 0 Å². The highest BCUT2D eigenvalue weighted by molar-refractivity contribution is 7.80. The van der Waals surface area contributed by atoms with E-state index in [0.717, 1.165) is 22.7 Å². The molecular weight excluding hydrogens is 348 g/mol. The summed E-state index contributed by atoms with van der Waals surface area (Å²) < 4.78 is 10.3. The van der Waals surface area contributed by atoms with Crippen molar-refractivity contribution in [2.45, 2.75) is 13.0 Å². The molecule has 26 heavy (non-hydrogen) atoms. The lowest BCUT2D eigenvalue weighted by atomic mass is 9.94. The van der Waals surface area contributed by atoms with Crippen LogP contribution in [0.3, 0.4) is 0 Å². The highest BCUT2D eigenvalue weighted by atomic mass is 32.1. The van der Waals surface area contributed by atoms with E-state index in [1.165, 1.54) is 7.11 Å². The van der Waals surface area contributed by atoms with Crippen molar-refractivity contribution in [1.29, 1.82) is 0 Å². The summed E-state index contributed by atoms with van der Waals surface area (Å²) in [4.78, 5) is 14.4. The minimum Gasteiger partial charge on any atom is -0.497 e. The van der Waals surface area contributed by atoms with Crippen LogP contribution >= 0.6 is 12.2 Å². The summed E-state index contributed by atoms with van der Waals surface area (Å²) >= 11 is 5.59. The molecule has 0 saturated carbocycles. The number of allylic oxidation sites excluding steroid dienone is 1. The van der Waals surface area contributed by atoms with Crippen LogP contribution in [0.15, 0.2) is 65.9 Å². The zero-order valence-corrected chi connectivity index (χ0v) is 15.7. The van der Waals surface area contributed by atoms with Crippen molar-refractivity contribution < 1.29 is 14.3 Å². The number of nitrogens with zero attached hydrogens (tertiary/aromatic N) is 1. The minimum atomic E-state index is -0.390. The van der Waals surface area contributed by atoms with Gasteiger partial charge in [0.1, 0.15) is 5.75 Å². The van der Waals surface area contributed by atoms with Gasteiger partial charge in [-0.1, -0.05) is 30.3 Å². The zero-order valence-electron chi connectivity index (χ0n) is 14.9. The summed E-state index contributed by atoms with van der Waals surface area (Å²) in [6.07, 6.45) is 0. The molecule has 0 bridgehead atoms. The van der Waals surface area contributed by atoms with Crippen LogP contribution in [0.4, 0.5) is 5.69 Å². The Hall–Kier alpha value is -2.86. The first kappa shape index (κ1) is 17.9. The molecule has 0 saturated heterocycles. The summed E-state index contributed by atoms with van der Waals surface area (Å²) in [7, 11) is 3.00. The van der Waals surface area contributed by atoms with Crippen LogP contribution < -0.4 is 15.0 Å². The molecule has 0 radical (unpaired) electrons. The predicted molar refractivity (Wildman–Crippen MR) is 105 cm³/mol. The standard InChI is InChI=1S/C20H20N2O3S/c1-13-17(19(23)25-3)18(14-9-11-16(24-2)12-10-14)21-20(26)22(13)15-7-5-4-6-8-15/h4-12,18H,1-3H3,(H,21,26)/t18-/m1/s1. The third kappa shape index (κ3) is 3.28. The Labute approximate surface area is 158 Å². The van der Waals surface area contributed by atoms with Crippen molar-refractivity contribution in [3.05, 3.63) is 71.4 Å². The lowest BCUT2D eigenvalue weighted by Gasteiger charge is -2.37. The smallest absolute Gasteiger partial charge is 0.337 e. The molecule has 0 spiro atoms. The van der Waals surface area contributed by atoms with Crippen molar-refractivity contribution in [3.8, 4) is 5.75 Å². The number of benzene rings is 2. The normalized spacial score (nSPS) is 17.0. The first-order valence-electron chi connectivity index (χ1n) is 8.15. The van der Waals surface area contributed by atoms with Gasteiger partial charge >= 0.3 is 5.97 Å². The van der Waals surface area contributed by atoms with E-state index in [-0.39, 0.29) is 12.0 Å². The number of para-hydroxylation sites is 1. The second-order valence-electron chi connectivity index (χ2n) is 5.82. The molecule has 2 aromatic carbocycles. The summed E-state index contributed by atoms with van der Waals surface area (Å²) in [5.41, 5.74) is 3.06. The van der Waals surface area contributed by atoms with E-state index >= 15 is 0 Å². The fraction of sp³-hybridized carbons (Fsp3) is 0.200. The van der Waals surface area contributed by atoms with Gasteiger partial charge in [-0.15, -0.1) is 0 Å². The predicted octanol–water partition coefficient (Wildman–Crippen LogP) is 3.58. The van der Waals surface area contributed by atoms with Crippen LogP contribution in [0.2, 0.25) is 0 Å². The molecule has 0 aliphatic carbocycles. The molecule has 1 atom stereocenters. The fourth-order valence-electron chi connectivity index (χ4n) is 3.05. The monoisotopic (exact) mass is 368 g/mol. The van der Waals surface area contributed by atoms with Gasteiger partial charge in [0.15, 0.2) is 5.11 Å². The average molecular weight is 368 g/mol. The zero-order chi connectivity index (χ0) is 18.7. The Morgan fingerprint density at radius 2 is 1.73 bits per heavy atom. The van der Waals surface area contributed by atoms with E-state index in [4.69, 9.17) is 21.7 Å². The van der Waals surface area contributed by atoms with Gasteiger partial charge in [-0.2, -0.15) is 0 Å². The molecule has 1 N–H and O–H groups in total. The fourth-order valence-corrected chi connectivity index (χ4v) is 3.41. The maximum atomic E-state index is 12.6. The third-order valence-corrected chi connectivity index (χ3v) is 4.65. The Bertz CT molecular complexity index is 847. The van der Waals surface area contributed by atoms with E-state index in [1.54, 1.807) is 7.11 Å². The number of ether oxygens (including phenoxy) is 2. The molecular formula is C20H20N2O3S. The van der Waals surface area contributed by atoms with Crippen molar-refractivity contribution in [1.82, 2.24) is 5.32 Å². The van der Waals surface area contributed by atoms with Gasteiger partial charge in [0.2, 0.25) is 0 Å². The Morgan fingerprint density at radius 1 is 1.08 bits per heavy atom. The van der Waals surface area contributed by atoms with E-state index < -0.39 is 0 Å². The number of carbonyl (C=O) groups is 1. The number of rotatable bonds is 4. The minimum absolute atomic E-state index is 0.388. The quantitative estimate of drug-likeness (QED) is 0.658. The third-order valence-electron chi connectivity index (χ3n) is 4.35. The van der Waals surface area contributed by atoms with Gasteiger partial charge in [0.25, 0.3) is 0 Å². The topological polar surface area (TPSA) is 50.8 Å². The van der Waals surface area contributed by atoms with E-state index in [9.17, 15) is 4.79 Å². The maximum Gasteiger partial charge on any atom is 0.337 e. The van der Waals surface area contributed by atoms with Gasteiger partial charge in [-0.05, 0) is 49.0 Å². The van der Waals surface area contributed by atoms with Crippen molar-refractivity contribution in [2.75, 3.05) is 19.1 Å². The van der Waals surface area contributed by atoms with Gasteiger partial charge < -0.3 is 14.8 Å². The first-order chi connectivity index (χ1) is 12.6. The molecule has 1 aliphatic heterocycles. The van der Waals surface area contributed by atoms with E-state index in [2.05, 4.69) is 5.32 Å². The molecule has 0 amide bonds. The molecule has 0 fully saturated rings. The molecule has 6 heteroatoms. The largest absolute Gasteiger partial charge is 0.497 e. The van der Waals surface area contributed by atoms with Gasteiger partial charge in [0.05, 0.1) is 25.8 Å². The van der Waals surface area contributed by atoms with Crippen LogP contribution in [-0.2, 0) is 9.53 Å². The van der Waals surface area contributed by atoms with Crippen LogP contribution in [0.5, 0.6) is 5.75 Å². The molecule has 0 unspecified atom stereocenters. The van der Waals surface area contributed by atoms with Gasteiger partial charge in [-0.3, -0.25) is 4.90 Å². The van der Waals surface area contributed by atoms with Crippen molar-refractivity contribution >= 4 is 29.0 Å². The lowest BCUT2D eigenvalue weighted by Crippen LogP contribution is -2.48. The second-order valence-corrected chi connectivity index (χ2v) is 6.20. The molecule has 2 aromatic rings. The first-order valence-corrected chi connectivity index (χ1v) is 8.56. The molecule has 5 nitrogen and oxygen atoms in total. The number of hydrogen-bond acceptors (Lipinski definition) is 4. The molecule has 1 heterocycles. The van der Waals surface area contributed by atoms with Crippen molar-refractivity contribution in [2.24, 2.45) is 0 Å². The van der Waals surface area contributed by atoms with Gasteiger partial charge in [0, 0.05) is 11.4 Å². The van der Waals surface area contributed by atoms with Gasteiger partial charge in [-0.25, -0.2) is 4.79 Å². The molecule has 3 rings (SSSR count). The number of thiocarbonyl (C=S) groups is 1. The summed E-state index contributed by atoms with van der Waals surface area (Å²) in [5.74, 6) is 0.359. The molecule has 0 aromatic heterocycles. The second kappa shape index (κ2) is 7.58. The highest BCUT2D eigenvalue weighted by Crippen LogP contribution is 2.34. The summed E-state index contributed by atoms with van der Waals surface area (Å²) in [6.45, 7) is 1.88. The lowest BCUT2D eigenvalue weighted by molar-refractivity contribution is -0.136. The van der Waals surface area contributed by atoms with Crippen LogP contribution in [0, 0.1) is 0 Å². The van der Waals surface area contributed by atoms with E-state index in [1.807, 2.05) is 66.4 Å². The number of methoxy groups -OCH3 is 2. The number of hydrogen-bond donors (Lipinski definition) is 1. The number of nitrogens with one attached hydrogen (secondary N) is 1. The summed E-state index contributed by atoms with van der Waals surface area (Å²) in [5, 5.41) is 3.80. The Balaban J connectivity index is 2.10.